The second-order valence-corrected chi connectivity index (χ2v) is 27.8. The lowest BCUT2D eigenvalue weighted by atomic mass is 9.93. The second-order valence-electron chi connectivity index (χ2n) is 20.3. The van der Waals surface area contributed by atoms with Crippen LogP contribution in [0.15, 0.2) is 303 Å². The Morgan fingerprint density at radius 2 is 0.684 bits per heavy atom. The molecule has 2 nitrogen and oxygen atoms in total. The van der Waals surface area contributed by atoms with Gasteiger partial charge < -0.3 is 9.13 Å². The fourth-order valence-corrected chi connectivity index (χ4v) is 23.5. The van der Waals surface area contributed by atoms with E-state index in [4.69, 9.17) is 0 Å². The fraction of sp³-hybridized carbons (Fsp3) is 0. The number of benzene rings is 12. The first-order valence-corrected chi connectivity index (χ1v) is 30.4. The van der Waals surface area contributed by atoms with Gasteiger partial charge in [0, 0.05) is 38.5 Å². The van der Waals surface area contributed by atoms with Crippen molar-refractivity contribution in [3.8, 4) is 33.6 Å². The molecule has 3 heterocycles. The van der Waals surface area contributed by atoms with Gasteiger partial charge in [0.15, 0.2) is 16.1 Å². The average Bonchev–Trinajstić information content (AvgIpc) is 4.24. The quantitative estimate of drug-likeness (QED) is 0.101. The van der Waals surface area contributed by atoms with Crippen LogP contribution in [0.2, 0.25) is 0 Å². The van der Waals surface area contributed by atoms with Gasteiger partial charge >= 0.3 is 0 Å². The monoisotopic (exact) mass is 998 g/mol. The third-order valence-electron chi connectivity index (χ3n) is 16.6. The maximum atomic E-state index is 2.55. The molecular formula is C72H50N2Si2. The topological polar surface area (TPSA) is 9.86 Å². The predicted octanol–water partition coefficient (Wildman–Crippen LogP) is 12.3. The molecule has 0 amide bonds. The summed E-state index contributed by atoms with van der Waals surface area (Å²) < 4.78 is 5.03. The first-order chi connectivity index (χ1) is 37.7. The standard InChI is InChI=1S/C72H50N2Si2/c1-6-24-53(25-7-1)75(54-26-8-2-9-27-54,55-28-10-3-11-29-55)58-47-44-51(45-48-58)73-66-40-19-16-34-59(66)61-49-46-52(50-68(61)73)74-67-41-20-17-35-60(67)63-38-22-39-64(72(63)74)62-37-23-43-70-71(62)65-36-18-21-42-69(65)76(70,56-30-12-4-13-31-56)57-32-14-5-15-33-57/h1-50H. The van der Waals surface area contributed by atoms with Crippen LogP contribution in [0.25, 0.3) is 77.2 Å². The van der Waals surface area contributed by atoms with Crippen LogP contribution in [0.3, 0.4) is 0 Å². The van der Waals surface area contributed by atoms with E-state index in [1.54, 1.807) is 0 Å². The molecule has 0 saturated heterocycles. The molecule has 0 spiro atoms. The third-order valence-corrected chi connectivity index (χ3v) is 26.2. The number of para-hydroxylation sites is 3. The highest BCUT2D eigenvalue weighted by Crippen LogP contribution is 2.44. The summed E-state index contributed by atoms with van der Waals surface area (Å²) in [5.74, 6) is 0. The van der Waals surface area contributed by atoms with E-state index in [0.29, 0.717) is 0 Å². The predicted molar refractivity (Wildman–Crippen MR) is 327 cm³/mol. The van der Waals surface area contributed by atoms with Gasteiger partial charge in [-0.2, -0.15) is 0 Å². The Bertz CT molecular complexity index is 4350. The molecule has 0 bridgehead atoms. The molecule has 0 radical (unpaired) electrons. The number of hydrogen-bond acceptors (Lipinski definition) is 0. The van der Waals surface area contributed by atoms with Gasteiger partial charge in [0.1, 0.15) is 0 Å². The lowest BCUT2D eigenvalue weighted by Gasteiger charge is -2.34. The van der Waals surface area contributed by atoms with E-state index in [0.717, 1.165) is 11.4 Å². The third kappa shape index (κ3) is 6.38. The van der Waals surface area contributed by atoms with E-state index < -0.39 is 16.1 Å². The van der Waals surface area contributed by atoms with Gasteiger partial charge in [0.2, 0.25) is 0 Å². The van der Waals surface area contributed by atoms with Gasteiger partial charge in [-0.05, 0) is 94.6 Å². The molecule has 0 saturated carbocycles. The Labute approximate surface area is 444 Å². The van der Waals surface area contributed by atoms with Gasteiger partial charge in [-0.1, -0.05) is 267 Å². The number of nitrogens with zero attached hydrogens (tertiary/aromatic N) is 2. The van der Waals surface area contributed by atoms with E-state index >= 15 is 0 Å². The van der Waals surface area contributed by atoms with Crippen molar-refractivity contribution in [2.24, 2.45) is 0 Å². The lowest BCUT2D eigenvalue weighted by molar-refractivity contribution is 1.16. The summed E-state index contributed by atoms with van der Waals surface area (Å²) in [5, 5.41) is 16.1. The van der Waals surface area contributed by atoms with E-state index in [1.165, 1.54) is 107 Å². The minimum atomic E-state index is -2.73. The van der Waals surface area contributed by atoms with E-state index in [9.17, 15) is 0 Å². The smallest absolute Gasteiger partial charge is 0.180 e. The van der Waals surface area contributed by atoms with Crippen LogP contribution in [0.4, 0.5) is 0 Å². The first-order valence-electron chi connectivity index (χ1n) is 26.4. The Balaban J connectivity index is 0.957. The Morgan fingerprint density at radius 3 is 1.30 bits per heavy atom. The highest BCUT2D eigenvalue weighted by atomic mass is 28.3. The molecule has 0 N–H and O–H groups in total. The molecule has 4 heteroatoms. The number of fused-ring (bicyclic) bond motifs is 9. The van der Waals surface area contributed by atoms with Crippen LogP contribution in [-0.4, -0.2) is 25.3 Å². The molecule has 356 valence electrons. The SMILES string of the molecule is c1ccc([Si](c2ccccc2)(c2ccccc2)c2ccc(-n3c4ccccc4c4ccc(-n5c6ccccc6c6cccc(-c7cccc8c7-c7ccccc7[Si]8(c7ccccc7)c7ccccc7)c65)cc43)cc2)cc1. The maximum absolute atomic E-state index is 2.73. The van der Waals surface area contributed by atoms with Gasteiger partial charge in [0.05, 0.1) is 22.1 Å². The molecule has 12 aromatic carbocycles. The van der Waals surface area contributed by atoms with Crippen molar-refractivity contribution in [2.75, 3.05) is 0 Å². The van der Waals surface area contributed by atoms with Crippen molar-refractivity contribution in [1.82, 2.24) is 9.13 Å². The van der Waals surface area contributed by atoms with Crippen molar-refractivity contribution in [3.05, 3.63) is 303 Å². The molecule has 1 aliphatic rings. The molecular weight excluding hydrogens is 949 g/mol. The minimum absolute atomic E-state index is 1.13. The summed E-state index contributed by atoms with van der Waals surface area (Å²) in [6.45, 7) is 0. The first kappa shape index (κ1) is 44.2. The molecule has 76 heavy (non-hydrogen) atoms. The Morgan fingerprint density at radius 1 is 0.263 bits per heavy atom. The summed E-state index contributed by atoms with van der Waals surface area (Å²) >= 11 is 0. The lowest BCUT2D eigenvalue weighted by Crippen LogP contribution is -2.74. The normalized spacial score (nSPS) is 12.8. The molecule has 0 atom stereocenters. The van der Waals surface area contributed by atoms with Crippen LogP contribution in [0.1, 0.15) is 0 Å². The van der Waals surface area contributed by atoms with Crippen molar-refractivity contribution >= 4 is 101 Å². The van der Waals surface area contributed by atoms with Crippen molar-refractivity contribution in [2.45, 2.75) is 0 Å². The summed E-state index contributed by atoms with van der Waals surface area (Å²) in [5.41, 5.74) is 12.2. The van der Waals surface area contributed by atoms with Crippen LogP contribution in [-0.2, 0) is 0 Å². The Kier molecular flexibility index (Phi) is 10.3. The summed E-state index contributed by atoms with van der Waals surface area (Å²) in [7, 11) is -5.45. The van der Waals surface area contributed by atoms with Crippen LogP contribution in [0.5, 0.6) is 0 Å². The second kappa shape index (κ2) is 17.7. The van der Waals surface area contributed by atoms with E-state index in [2.05, 4.69) is 312 Å². The van der Waals surface area contributed by atoms with Gasteiger partial charge in [-0.25, -0.2) is 0 Å². The average molecular weight is 999 g/mol. The van der Waals surface area contributed by atoms with E-state index in [-0.39, 0.29) is 0 Å². The van der Waals surface area contributed by atoms with Crippen molar-refractivity contribution < 1.29 is 0 Å². The minimum Gasteiger partial charge on any atom is -0.309 e. The molecule has 1 aliphatic heterocycles. The van der Waals surface area contributed by atoms with Gasteiger partial charge in [-0.15, -0.1) is 0 Å². The van der Waals surface area contributed by atoms with Gasteiger partial charge in [0.25, 0.3) is 0 Å². The summed E-state index contributed by atoms with van der Waals surface area (Å²) in [6.07, 6.45) is 0. The van der Waals surface area contributed by atoms with Crippen molar-refractivity contribution in [1.29, 1.82) is 0 Å². The van der Waals surface area contributed by atoms with E-state index in [1.807, 2.05) is 0 Å². The van der Waals surface area contributed by atoms with Gasteiger partial charge in [-0.3, -0.25) is 0 Å². The van der Waals surface area contributed by atoms with Crippen LogP contribution in [0, 0.1) is 0 Å². The zero-order valence-corrected chi connectivity index (χ0v) is 43.8. The summed E-state index contributed by atoms with van der Waals surface area (Å²) in [4.78, 5) is 0. The molecule has 0 fully saturated rings. The zero-order chi connectivity index (χ0) is 50.2. The van der Waals surface area contributed by atoms with Crippen molar-refractivity contribution in [3.63, 3.8) is 0 Å². The molecule has 0 aliphatic carbocycles. The summed E-state index contributed by atoms with van der Waals surface area (Å²) in [6, 6.07) is 114. The Hall–Kier alpha value is -9.33. The molecule has 14 aromatic rings. The number of rotatable bonds is 9. The van der Waals surface area contributed by atoms with Crippen LogP contribution >= 0.6 is 0 Å². The number of hydrogen-bond donors (Lipinski definition) is 0. The highest BCUT2D eigenvalue weighted by Gasteiger charge is 2.49. The number of aromatic nitrogens is 2. The molecule has 15 rings (SSSR count). The maximum Gasteiger partial charge on any atom is 0.180 e. The fourth-order valence-electron chi connectivity index (χ4n) is 13.5. The highest BCUT2D eigenvalue weighted by molar-refractivity contribution is 7.22. The zero-order valence-electron chi connectivity index (χ0n) is 41.8. The molecule has 0 unspecified atom stereocenters. The largest absolute Gasteiger partial charge is 0.309 e. The molecule has 2 aromatic heterocycles. The van der Waals surface area contributed by atoms with Crippen LogP contribution < -0.4 is 41.5 Å².